The molecule has 0 radical (unpaired) electrons. The van der Waals surface area contributed by atoms with Crippen molar-refractivity contribution in [3.8, 4) is 11.7 Å². The van der Waals surface area contributed by atoms with Gasteiger partial charge in [-0.05, 0) is 23.7 Å². The van der Waals surface area contributed by atoms with Crippen LogP contribution in [0.3, 0.4) is 0 Å². The Bertz CT molecular complexity index is 409. The molecule has 0 saturated heterocycles. The number of aromatic nitrogens is 2. The monoisotopic (exact) mass is 199 g/mol. The molecule has 0 atom stereocenters. The fraction of sp³-hybridized carbons (Fsp3) is 0.143. The van der Waals surface area contributed by atoms with Gasteiger partial charge in [0.25, 0.3) is 5.89 Å². The van der Waals surface area contributed by atoms with E-state index < -0.39 is 0 Å². The minimum Gasteiger partial charge on any atom is -0.440 e. The Morgan fingerprint density at radius 1 is 1.31 bits per heavy atom. The number of rotatable bonds is 2. The molecule has 2 heterocycles. The minimum absolute atomic E-state index is 0.210. The van der Waals surface area contributed by atoms with E-state index in [1.165, 1.54) is 0 Å². The van der Waals surface area contributed by atoms with Crippen LogP contribution in [0.1, 0.15) is 5.89 Å². The standard InChI is InChI=1S/C7H6ClN3O2/c8-5-2-1-4(12-5)7-11-10-6(3-9)13-7/h1-2H,3,9H2. The second-order valence-electron chi connectivity index (χ2n) is 2.31. The average molecular weight is 200 g/mol. The number of halogens is 1. The fourth-order valence-electron chi connectivity index (χ4n) is 0.865. The Hall–Kier alpha value is -1.33. The van der Waals surface area contributed by atoms with E-state index in [1.54, 1.807) is 12.1 Å². The van der Waals surface area contributed by atoms with Crippen LogP contribution in [0.5, 0.6) is 0 Å². The Balaban J connectivity index is 2.35. The molecule has 0 saturated carbocycles. The molecular weight excluding hydrogens is 194 g/mol. The van der Waals surface area contributed by atoms with E-state index in [9.17, 15) is 0 Å². The summed E-state index contributed by atoms with van der Waals surface area (Å²) in [5.41, 5.74) is 5.29. The van der Waals surface area contributed by atoms with E-state index in [0.717, 1.165) is 0 Å². The summed E-state index contributed by atoms with van der Waals surface area (Å²) >= 11 is 5.57. The van der Waals surface area contributed by atoms with Gasteiger partial charge in [0.1, 0.15) is 0 Å². The smallest absolute Gasteiger partial charge is 0.283 e. The summed E-state index contributed by atoms with van der Waals surface area (Å²) in [4.78, 5) is 0. The molecule has 2 aromatic rings. The van der Waals surface area contributed by atoms with Gasteiger partial charge < -0.3 is 14.6 Å². The lowest BCUT2D eigenvalue weighted by Gasteiger charge is -1.85. The molecule has 0 aliphatic carbocycles. The Morgan fingerprint density at radius 3 is 2.69 bits per heavy atom. The van der Waals surface area contributed by atoms with E-state index >= 15 is 0 Å². The normalized spacial score (nSPS) is 10.6. The highest BCUT2D eigenvalue weighted by Gasteiger charge is 2.10. The van der Waals surface area contributed by atoms with Gasteiger partial charge in [0, 0.05) is 0 Å². The maximum Gasteiger partial charge on any atom is 0.283 e. The predicted molar refractivity (Wildman–Crippen MR) is 44.9 cm³/mol. The molecule has 5 nitrogen and oxygen atoms in total. The lowest BCUT2D eigenvalue weighted by Crippen LogP contribution is -1.95. The van der Waals surface area contributed by atoms with Crippen molar-refractivity contribution in [2.24, 2.45) is 5.73 Å². The van der Waals surface area contributed by atoms with Crippen LogP contribution in [-0.2, 0) is 6.54 Å². The third-order valence-electron chi connectivity index (χ3n) is 1.43. The first-order valence-corrected chi connectivity index (χ1v) is 3.95. The van der Waals surface area contributed by atoms with Crippen LogP contribution in [-0.4, -0.2) is 10.2 Å². The van der Waals surface area contributed by atoms with Crippen molar-refractivity contribution in [3.05, 3.63) is 23.2 Å². The summed E-state index contributed by atoms with van der Waals surface area (Å²) in [6.07, 6.45) is 0. The molecular formula is C7H6ClN3O2. The molecule has 6 heteroatoms. The van der Waals surface area contributed by atoms with Crippen molar-refractivity contribution in [2.75, 3.05) is 0 Å². The van der Waals surface area contributed by atoms with Gasteiger partial charge in [0.05, 0.1) is 6.54 Å². The molecule has 68 valence electrons. The molecule has 13 heavy (non-hydrogen) atoms. The van der Waals surface area contributed by atoms with Gasteiger partial charge in [0.2, 0.25) is 5.89 Å². The maximum atomic E-state index is 5.57. The molecule has 0 aliphatic rings. The third-order valence-corrected chi connectivity index (χ3v) is 1.63. The van der Waals surface area contributed by atoms with Gasteiger partial charge in [-0.3, -0.25) is 0 Å². The quantitative estimate of drug-likeness (QED) is 0.792. The van der Waals surface area contributed by atoms with Crippen LogP contribution < -0.4 is 5.73 Å². The van der Waals surface area contributed by atoms with Crippen LogP contribution in [0.25, 0.3) is 11.7 Å². The van der Waals surface area contributed by atoms with Crippen LogP contribution in [0.15, 0.2) is 21.0 Å². The van der Waals surface area contributed by atoms with Crippen molar-refractivity contribution in [1.82, 2.24) is 10.2 Å². The number of hydrogen-bond donors (Lipinski definition) is 1. The average Bonchev–Trinajstić information content (AvgIpc) is 2.71. The molecule has 0 aromatic carbocycles. The topological polar surface area (TPSA) is 78.1 Å². The van der Waals surface area contributed by atoms with Gasteiger partial charge in [-0.25, -0.2) is 0 Å². The zero-order valence-electron chi connectivity index (χ0n) is 6.53. The van der Waals surface area contributed by atoms with Gasteiger partial charge in [0.15, 0.2) is 11.0 Å². The Labute approximate surface area is 78.5 Å². The molecule has 0 amide bonds. The first kappa shape index (κ1) is 8.28. The van der Waals surface area contributed by atoms with Gasteiger partial charge in [-0.15, -0.1) is 10.2 Å². The van der Waals surface area contributed by atoms with Crippen molar-refractivity contribution in [2.45, 2.75) is 6.54 Å². The summed E-state index contributed by atoms with van der Waals surface area (Å²) < 4.78 is 10.2. The lowest BCUT2D eigenvalue weighted by molar-refractivity contribution is 0.482. The van der Waals surface area contributed by atoms with E-state index in [4.69, 9.17) is 26.2 Å². The van der Waals surface area contributed by atoms with Crippen molar-refractivity contribution >= 4 is 11.6 Å². The molecule has 2 aromatic heterocycles. The molecule has 0 fully saturated rings. The summed E-state index contributed by atoms with van der Waals surface area (Å²) in [5.74, 6) is 1.09. The van der Waals surface area contributed by atoms with E-state index in [-0.39, 0.29) is 17.7 Å². The summed E-state index contributed by atoms with van der Waals surface area (Å²) in [6.45, 7) is 0.210. The first-order chi connectivity index (χ1) is 6.29. The largest absolute Gasteiger partial charge is 0.440 e. The number of nitrogens with two attached hydrogens (primary N) is 1. The Kier molecular flexibility index (Phi) is 2.03. The van der Waals surface area contributed by atoms with Crippen LogP contribution in [0.4, 0.5) is 0 Å². The highest BCUT2D eigenvalue weighted by Crippen LogP contribution is 2.23. The van der Waals surface area contributed by atoms with E-state index in [2.05, 4.69) is 10.2 Å². The number of hydrogen-bond acceptors (Lipinski definition) is 5. The predicted octanol–water partition coefficient (Wildman–Crippen LogP) is 1.44. The molecule has 2 N–H and O–H groups in total. The number of furan rings is 1. The van der Waals surface area contributed by atoms with Crippen molar-refractivity contribution < 1.29 is 8.83 Å². The SMILES string of the molecule is NCc1nnc(-c2ccc(Cl)o2)o1. The molecule has 0 unspecified atom stereocenters. The second kappa shape index (κ2) is 3.20. The molecule has 0 bridgehead atoms. The zero-order valence-corrected chi connectivity index (χ0v) is 7.28. The maximum absolute atomic E-state index is 5.57. The number of nitrogens with zero attached hydrogens (tertiary/aromatic N) is 2. The summed E-state index contributed by atoms with van der Waals surface area (Å²) in [6, 6.07) is 3.25. The van der Waals surface area contributed by atoms with E-state index in [0.29, 0.717) is 11.7 Å². The third kappa shape index (κ3) is 1.56. The summed E-state index contributed by atoms with van der Waals surface area (Å²) in [7, 11) is 0. The van der Waals surface area contributed by atoms with Crippen molar-refractivity contribution in [1.29, 1.82) is 0 Å². The molecule has 0 aliphatic heterocycles. The van der Waals surface area contributed by atoms with Crippen LogP contribution in [0.2, 0.25) is 5.22 Å². The van der Waals surface area contributed by atoms with Crippen LogP contribution in [0, 0.1) is 0 Å². The second-order valence-corrected chi connectivity index (χ2v) is 2.68. The van der Waals surface area contributed by atoms with Crippen molar-refractivity contribution in [3.63, 3.8) is 0 Å². The fourth-order valence-corrected chi connectivity index (χ4v) is 1.01. The Morgan fingerprint density at radius 2 is 2.15 bits per heavy atom. The lowest BCUT2D eigenvalue weighted by atomic mass is 10.4. The minimum atomic E-state index is 0.210. The molecule has 2 rings (SSSR count). The van der Waals surface area contributed by atoms with Crippen LogP contribution >= 0.6 is 11.6 Å². The van der Waals surface area contributed by atoms with E-state index in [1.807, 2.05) is 0 Å². The van der Waals surface area contributed by atoms with Gasteiger partial charge >= 0.3 is 0 Å². The summed E-state index contributed by atoms with van der Waals surface area (Å²) in [5, 5.41) is 7.68. The highest BCUT2D eigenvalue weighted by atomic mass is 35.5. The van der Waals surface area contributed by atoms with Gasteiger partial charge in [-0.1, -0.05) is 0 Å². The molecule has 0 spiro atoms. The highest BCUT2D eigenvalue weighted by molar-refractivity contribution is 6.28. The zero-order chi connectivity index (χ0) is 9.26. The van der Waals surface area contributed by atoms with Gasteiger partial charge in [-0.2, -0.15) is 0 Å². The first-order valence-electron chi connectivity index (χ1n) is 3.58.